The van der Waals surface area contributed by atoms with Crippen molar-refractivity contribution in [2.24, 2.45) is 0 Å². The largest absolute Gasteiger partial charge is 0.155 e. The fourth-order valence-electron chi connectivity index (χ4n) is 2.32. The SMILES string of the molecule is CCCCCc1ccc(-c2ccc(CCC)nn2)cc1. The molecule has 0 radical (unpaired) electrons. The minimum Gasteiger partial charge on any atom is -0.155 e. The summed E-state index contributed by atoms with van der Waals surface area (Å²) in [4.78, 5) is 0. The van der Waals surface area contributed by atoms with Crippen LogP contribution in [0.3, 0.4) is 0 Å². The summed E-state index contributed by atoms with van der Waals surface area (Å²) in [5.74, 6) is 0. The maximum absolute atomic E-state index is 4.32. The van der Waals surface area contributed by atoms with Crippen LogP contribution in [0.15, 0.2) is 36.4 Å². The van der Waals surface area contributed by atoms with Crippen LogP contribution in [0.5, 0.6) is 0 Å². The molecule has 0 saturated carbocycles. The van der Waals surface area contributed by atoms with E-state index in [1.54, 1.807) is 0 Å². The van der Waals surface area contributed by atoms with Crippen molar-refractivity contribution in [3.05, 3.63) is 47.7 Å². The summed E-state index contributed by atoms with van der Waals surface area (Å²) in [5, 5.41) is 8.60. The minimum absolute atomic E-state index is 0.963. The number of benzene rings is 1. The molecule has 2 nitrogen and oxygen atoms in total. The van der Waals surface area contributed by atoms with Gasteiger partial charge in [0.2, 0.25) is 0 Å². The molecule has 1 aromatic carbocycles. The second-order valence-corrected chi connectivity index (χ2v) is 5.31. The van der Waals surface area contributed by atoms with Crippen LogP contribution in [-0.2, 0) is 12.8 Å². The molecular weight excluding hydrogens is 244 g/mol. The number of aromatic nitrogens is 2. The van der Waals surface area contributed by atoms with E-state index in [0.29, 0.717) is 0 Å². The molecule has 2 rings (SSSR count). The predicted octanol–water partition coefficient (Wildman–Crippen LogP) is 4.83. The standard InChI is InChI=1S/C18H24N2/c1-3-5-6-8-15-9-11-16(12-10-15)18-14-13-17(7-4-2)19-20-18/h9-14H,3-8H2,1-2H3. The van der Waals surface area contributed by atoms with Crippen molar-refractivity contribution in [3.63, 3.8) is 0 Å². The second kappa shape index (κ2) is 7.78. The monoisotopic (exact) mass is 268 g/mol. The van der Waals surface area contributed by atoms with Gasteiger partial charge in [-0.05, 0) is 37.0 Å². The normalized spacial score (nSPS) is 10.7. The van der Waals surface area contributed by atoms with E-state index in [-0.39, 0.29) is 0 Å². The number of hydrogen-bond acceptors (Lipinski definition) is 2. The molecule has 0 N–H and O–H groups in total. The van der Waals surface area contributed by atoms with Crippen LogP contribution < -0.4 is 0 Å². The van der Waals surface area contributed by atoms with Crippen LogP contribution in [0, 0.1) is 0 Å². The number of hydrogen-bond donors (Lipinski definition) is 0. The third-order valence-electron chi connectivity index (χ3n) is 3.54. The Bertz CT molecular complexity index is 500. The summed E-state index contributed by atoms with van der Waals surface area (Å²) in [6.45, 7) is 4.40. The zero-order valence-corrected chi connectivity index (χ0v) is 12.6. The first-order chi connectivity index (χ1) is 9.83. The molecule has 0 amide bonds. The van der Waals surface area contributed by atoms with Crippen molar-refractivity contribution in [1.82, 2.24) is 10.2 Å². The Morgan fingerprint density at radius 3 is 2.15 bits per heavy atom. The van der Waals surface area contributed by atoms with E-state index >= 15 is 0 Å². The van der Waals surface area contributed by atoms with Crippen LogP contribution in [0.4, 0.5) is 0 Å². The molecule has 20 heavy (non-hydrogen) atoms. The maximum Gasteiger partial charge on any atom is 0.0929 e. The quantitative estimate of drug-likeness (QED) is 0.672. The summed E-state index contributed by atoms with van der Waals surface area (Å²) >= 11 is 0. The molecule has 0 atom stereocenters. The van der Waals surface area contributed by atoms with Gasteiger partial charge in [0, 0.05) is 5.56 Å². The highest BCUT2D eigenvalue weighted by molar-refractivity contribution is 5.58. The molecule has 0 saturated heterocycles. The van der Waals surface area contributed by atoms with Gasteiger partial charge in [0.05, 0.1) is 11.4 Å². The zero-order chi connectivity index (χ0) is 14.2. The van der Waals surface area contributed by atoms with Gasteiger partial charge in [0.15, 0.2) is 0 Å². The lowest BCUT2D eigenvalue weighted by atomic mass is 10.0. The Kier molecular flexibility index (Phi) is 5.72. The molecule has 0 aliphatic carbocycles. The van der Waals surface area contributed by atoms with Crippen molar-refractivity contribution in [3.8, 4) is 11.3 Å². The smallest absolute Gasteiger partial charge is 0.0929 e. The number of unbranched alkanes of at least 4 members (excludes halogenated alkanes) is 2. The average Bonchev–Trinajstić information content (AvgIpc) is 2.49. The van der Waals surface area contributed by atoms with Crippen LogP contribution in [0.25, 0.3) is 11.3 Å². The number of rotatable bonds is 7. The van der Waals surface area contributed by atoms with Gasteiger partial charge >= 0.3 is 0 Å². The number of nitrogens with zero attached hydrogens (tertiary/aromatic N) is 2. The summed E-state index contributed by atoms with van der Waals surface area (Å²) in [7, 11) is 0. The van der Waals surface area contributed by atoms with E-state index in [2.05, 4.69) is 60.4 Å². The minimum atomic E-state index is 0.963. The Labute approximate surface area is 122 Å². The lowest BCUT2D eigenvalue weighted by molar-refractivity contribution is 0.717. The van der Waals surface area contributed by atoms with Gasteiger partial charge < -0.3 is 0 Å². The predicted molar refractivity (Wildman–Crippen MR) is 84.7 cm³/mol. The highest BCUT2D eigenvalue weighted by Crippen LogP contribution is 2.18. The summed E-state index contributed by atoms with van der Waals surface area (Å²) in [6, 6.07) is 12.9. The first-order valence-corrected chi connectivity index (χ1v) is 7.75. The van der Waals surface area contributed by atoms with E-state index in [1.807, 2.05) is 0 Å². The maximum atomic E-state index is 4.32. The summed E-state index contributed by atoms with van der Waals surface area (Å²) in [5.41, 5.74) is 4.61. The molecule has 1 aromatic heterocycles. The first-order valence-electron chi connectivity index (χ1n) is 7.75. The highest BCUT2D eigenvalue weighted by Gasteiger charge is 2.01. The fourth-order valence-corrected chi connectivity index (χ4v) is 2.32. The Morgan fingerprint density at radius 2 is 1.55 bits per heavy atom. The van der Waals surface area contributed by atoms with Crippen molar-refractivity contribution >= 4 is 0 Å². The molecule has 2 heteroatoms. The van der Waals surface area contributed by atoms with Crippen LogP contribution >= 0.6 is 0 Å². The van der Waals surface area contributed by atoms with Gasteiger partial charge in [0.1, 0.15) is 0 Å². The van der Waals surface area contributed by atoms with Gasteiger partial charge in [-0.15, -0.1) is 0 Å². The Hall–Kier alpha value is -1.70. The van der Waals surface area contributed by atoms with E-state index in [4.69, 9.17) is 0 Å². The molecule has 0 unspecified atom stereocenters. The Balaban J connectivity index is 2.01. The molecule has 0 bridgehead atoms. The van der Waals surface area contributed by atoms with Gasteiger partial charge in [0.25, 0.3) is 0 Å². The van der Waals surface area contributed by atoms with Crippen molar-refractivity contribution in [2.75, 3.05) is 0 Å². The molecule has 2 aromatic rings. The Morgan fingerprint density at radius 1 is 0.750 bits per heavy atom. The molecule has 0 aliphatic heterocycles. The van der Waals surface area contributed by atoms with Crippen molar-refractivity contribution < 1.29 is 0 Å². The third-order valence-corrected chi connectivity index (χ3v) is 3.54. The summed E-state index contributed by atoms with van der Waals surface area (Å²) in [6.07, 6.45) is 7.16. The average molecular weight is 268 g/mol. The molecule has 0 fully saturated rings. The van der Waals surface area contributed by atoms with Crippen LogP contribution in [0.2, 0.25) is 0 Å². The van der Waals surface area contributed by atoms with Gasteiger partial charge in [-0.25, -0.2) is 0 Å². The van der Waals surface area contributed by atoms with E-state index in [0.717, 1.165) is 29.8 Å². The molecule has 106 valence electrons. The lowest BCUT2D eigenvalue weighted by Crippen LogP contribution is -1.94. The van der Waals surface area contributed by atoms with Gasteiger partial charge in [-0.2, -0.15) is 10.2 Å². The molecule has 0 aliphatic rings. The zero-order valence-electron chi connectivity index (χ0n) is 12.6. The number of aryl methyl sites for hydroxylation is 2. The van der Waals surface area contributed by atoms with E-state index < -0.39 is 0 Å². The molecule has 0 spiro atoms. The summed E-state index contributed by atoms with van der Waals surface area (Å²) < 4.78 is 0. The van der Waals surface area contributed by atoms with Gasteiger partial charge in [-0.1, -0.05) is 57.4 Å². The van der Waals surface area contributed by atoms with Crippen LogP contribution in [-0.4, -0.2) is 10.2 Å². The first kappa shape index (κ1) is 14.7. The van der Waals surface area contributed by atoms with E-state index in [1.165, 1.54) is 31.2 Å². The van der Waals surface area contributed by atoms with Gasteiger partial charge in [-0.3, -0.25) is 0 Å². The fraction of sp³-hybridized carbons (Fsp3) is 0.444. The third kappa shape index (κ3) is 4.16. The molecule has 1 heterocycles. The van der Waals surface area contributed by atoms with E-state index in [9.17, 15) is 0 Å². The topological polar surface area (TPSA) is 25.8 Å². The van der Waals surface area contributed by atoms with Crippen molar-refractivity contribution in [2.45, 2.75) is 52.4 Å². The van der Waals surface area contributed by atoms with Crippen molar-refractivity contribution in [1.29, 1.82) is 0 Å². The van der Waals surface area contributed by atoms with Crippen LogP contribution in [0.1, 0.15) is 50.8 Å². The highest BCUT2D eigenvalue weighted by atomic mass is 15.1. The lowest BCUT2D eigenvalue weighted by Gasteiger charge is -2.04. The molecular formula is C18H24N2. The second-order valence-electron chi connectivity index (χ2n) is 5.31.